The molecule has 0 amide bonds. The number of hydrogen-bond donors (Lipinski definition) is 0. The smallest absolute Gasteiger partial charge is 0.384 e. The van der Waals surface area contributed by atoms with Crippen LogP contribution >= 0.6 is 0 Å². The van der Waals surface area contributed by atoms with Crippen LogP contribution in [0, 0.1) is 141 Å². The Hall–Kier alpha value is -1.09. The van der Waals surface area contributed by atoms with Gasteiger partial charge in [-0.1, -0.05) is 88.3 Å². The van der Waals surface area contributed by atoms with E-state index in [9.17, 15) is 17.6 Å². The van der Waals surface area contributed by atoms with Gasteiger partial charge in [-0.05, 0) is 267 Å². The predicted octanol–water partition coefficient (Wildman–Crippen LogP) is 18.6. The Morgan fingerprint density at radius 3 is 1.13 bits per heavy atom. The van der Waals surface area contributed by atoms with Crippen molar-refractivity contribution in [3.05, 3.63) is 12.2 Å². The van der Waals surface area contributed by atoms with Crippen LogP contribution in [0.2, 0.25) is 0 Å². The van der Waals surface area contributed by atoms with Crippen molar-refractivity contribution in [2.24, 2.45) is 130 Å². The molecule has 0 saturated heterocycles. The standard InChI is InChI=1S/C8H14O.C8H12.C8H14.C7H9F3.C7H11F.C7H9N.C7H12.C7H10.C6H10/c1-6-3-8(6)4-7(8)5-9-2;1-6-7(2-3-7)8(6)4-5-8;1-6-4-8(6)5-7(8,2)3;1-4-2-6(4)3-5(6)7(8,9)10;2*1-6(5-8)4-7(6)2-3-7;1-5-3-7(5)4-6(7)2;1-5-6(2)7(5)3-4-7;1-5-4-6(5)2-3-6/h6-7H,3-5H2,1-2H3;6H,2-5H2,1H3;6H,4-5H2,1-3H3;4-5H,2-3H2,1H3;2-5H2,1H3;2-4H2,1H3;5-6H,3-4H2,1-2H3;6H,1,3-4H2,2H3;5H,2-4H2,1H3. The quantitative estimate of drug-likeness (QED) is 0.209. The summed E-state index contributed by atoms with van der Waals surface area (Å²) in [6.07, 6.45) is 27.7. The van der Waals surface area contributed by atoms with E-state index < -0.39 is 12.1 Å². The molecule has 19 aliphatic rings. The Bertz CT molecular complexity index is 2130. The normalized spacial score (nSPS) is 51.2. The van der Waals surface area contributed by atoms with Crippen LogP contribution in [-0.4, -0.2) is 26.6 Å². The lowest BCUT2D eigenvalue weighted by atomic mass is 10.1. The van der Waals surface area contributed by atoms with Crippen LogP contribution < -0.4 is 0 Å². The van der Waals surface area contributed by atoms with Gasteiger partial charge in [-0.3, -0.25) is 4.39 Å². The molecule has 0 radical (unpaired) electrons. The topological polar surface area (TPSA) is 33.0 Å². The van der Waals surface area contributed by atoms with Crippen molar-refractivity contribution in [3.8, 4) is 6.07 Å². The minimum absolute atomic E-state index is 0.0903. The van der Waals surface area contributed by atoms with Gasteiger partial charge < -0.3 is 4.74 Å². The molecule has 2 nitrogen and oxygen atoms in total. The van der Waals surface area contributed by atoms with Crippen LogP contribution in [0.4, 0.5) is 17.6 Å². The van der Waals surface area contributed by atoms with Gasteiger partial charge in [0.05, 0.1) is 24.1 Å². The zero-order chi connectivity index (χ0) is 51.4. The minimum Gasteiger partial charge on any atom is -0.384 e. The second-order valence-corrected chi connectivity index (χ2v) is 32.1. The Morgan fingerprint density at radius 1 is 0.577 bits per heavy atom. The average Bonchev–Trinajstić information content (AvgIpc) is 4.09. The van der Waals surface area contributed by atoms with Gasteiger partial charge in [0.15, 0.2) is 0 Å². The molecule has 0 aromatic heterocycles. The van der Waals surface area contributed by atoms with Gasteiger partial charge in [-0.25, -0.2) is 0 Å². The molecule has 14 atom stereocenters. The Morgan fingerprint density at radius 2 is 1.03 bits per heavy atom. The van der Waals surface area contributed by atoms with Crippen molar-refractivity contribution in [1.82, 2.24) is 0 Å². The molecule has 400 valence electrons. The molecule has 19 fully saturated rings. The van der Waals surface area contributed by atoms with E-state index in [-0.39, 0.29) is 22.9 Å². The van der Waals surface area contributed by atoms with Crippen molar-refractivity contribution in [2.75, 3.05) is 20.4 Å². The fourth-order valence-electron chi connectivity index (χ4n) is 18.2. The van der Waals surface area contributed by atoms with E-state index in [1.165, 1.54) is 89.0 Å². The van der Waals surface area contributed by atoms with Gasteiger partial charge in [-0.2, -0.15) is 18.4 Å². The number of rotatable bonds is 3. The molecule has 14 unspecified atom stereocenters. The van der Waals surface area contributed by atoms with Gasteiger partial charge in [0.2, 0.25) is 0 Å². The zero-order valence-electron chi connectivity index (χ0n) is 47.5. The minimum atomic E-state index is -3.91. The van der Waals surface area contributed by atoms with Crippen molar-refractivity contribution in [1.29, 1.82) is 5.26 Å². The second-order valence-electron chi connectivity index (χ2n) is 32.1. The number of ether oxygens (including phenoxy) is 1. The maximum Gasteiger partial charge on any atom is 0.392 e. The summed E-state index contributed by atoms with van der Waals surface area (Å²) in [5, 5.41) is 8.59. The summed E-state index contributed by atoms with van der Waals surface area (Å²) in [7, 11) is 1.80. The largest absolute Gasteiger partial charge is 0.392 e. The van der Waals surface area contributed by atoms with Gasteiger partial charge >= 0.3 is 6.18 Å². The number of nitriles is 1. The van der Waals surface area contributed by atoms with Crippen LogP contribution in [0.15, 0.2) is 12.2 Å². The van der Waals surface area contributed by atoms with E-state index in [1.807, 2.05) is 6.92 Å². The first kappa shape index (κ1) is 52.0. The molecule has 19 aliphatic carbocycles. The molecule has 0 aromatic rings. The summed E-state index contributed by atoms with van der Waals surface area (Å²) in [5.41, 5.74) is 9.48. The predicted molar refractivity (Wildman–Crippen MR) is 279 cm³/mol. The lowest BCUT2D eigenvalue weighted by Crippen LogP contribution is -2.12. The van der Waals surface area contributed by atoms with Gasteiger partial charge in [0.1, 0.15) is 0 Å². The number of nitrogens with zero attached hydrogens (tertiary/aromatic N) is 1. The van der Waals surface area contributed by atoms with E-state index in [1.54, 1.807) is 52.1 Å². The van der Waals surface area contributed by atoms with Crippen LogP contribution in [0.25, 0.3) is 0 Å². The van der Waals surface area contributed by atoms with Gasteiger partial charge in [-0.15, -0.1) is 0 Å². The summed E-state index contributed by atoms with van der Waals surface area (Å²) in [5.74, 6) is 7.67. The van der Waals surface area contributed by atoms with Crippen LogP contribution in [0.5, 0.6) is 0 Å². The maximum absolute atomic E-state index is 12.1. The Kier molecular flexibility index (Phi) is 11.4. The number of alkyl halides is 4. The molecule has 0 aliphatic heterocycles. The van der Waals surface area contributed by atoms with E-state index >= 15 is 0 Å². The third-order valence-electron chi connectivity index (χ3n) is 27.8. The van der Waals surface area contributed by atoms with Crippen LogP contribution in [0.3, 0.4) is 0 Å². The molecule has 19 rings (SSSR count). The Balaban J connectivity index is 0.0000000868. The SMILES string of the molecule is C=C1C(C)C12CC2.CC1(C#N)CC12CC2.CC1(CF)CC12CC2.CC1C2(CC2)C12CC2.CC1CC12CC2.CC1CC12CC2(C)C.CC1CC12CC2C.CC1CC12CC2C(F)(F)F.COCC1CC12CC2C. The highest BCUT2D eigenvalue weighted by Gasteiger charge is 2.84. The highest BCUT2D eigenvalue weighted by Crippen LogP contribution is 2.92. The monoisotopic (exact) mass is 988 g/mol. The molecule has 0 aromatic carbocycles. The number of fused-ring (bicyclic) bond motifs is 1. The summed E-state index contributed by atoms with van der Waals surface area (Å²) in [6.45, 7) is 32.3. The lowest BCUT2D eigenvalue weighted by molar-refractivity contribution is -0.152. The van der Waals surface area contributed by atoms with Crippen LogP contribution in [0.1, 0.15) is 231 Å². The lowest BCUT2D eigenvalue weighted by Gasteiger charge is -2.02. The molecular weight excluding hydrogens is 887 g/mol. The molecule has 6 heteroatoms. The molecule has 71 heavy (non-hydrogen) atoms. The molecule has 10 spiro atoms. The highest BCUT2D eigenvalue weighted by atomic mass is 19.4. The average molecular weight is 989 g/mol. The third-order valence-corrected chi connectivity index (χ3v) is 27.8. The molecular formula is C65H101F4NO. The van der Waals surface area contributed by atoms with Crippen molar-refractivity contribution in [2.45, 2.75) is 237 Å². The molecule has 0 bridgehead atoms. The summed E-state index contributed by atoms with van der Waals surface area (Å²) in [4.78, 5) is 0. The van der Waals surface area contributed by atoms with E-state index in [2.05, 4.69) is 88.8 Å². The maximum atomic E-state index is 12.1. The van der Waals surface area contributed by atoms with Crippen molar-refractivity contribution < 1.29 is 22.3 Å². The van der Waals surface area contributed by atoms with Crippen LogP contribution in [-0.2, 0) is 4.74 Å². The molecule has 0 N–H and O–H groups in total. The first-order valence-electron chi connectivity index (χ1n) is 30.2. The van der Waals surface area contributed by atoms with Crippen molar-refractivity contribution in [3.63, 3.8) is 0 Å². The Labute approximate surface area is 431 Å². The fraction of sp³-hybridized carbons (Fsp3) is 0.954. The van der Waals surface area contributed by atoms with E-state index in [0.717, 1.165) is 110 Å². The first-order valence-corrected chi connectivity index (χ1v) is 30.2. The zero-order valence-corrected chi connectivity index (χ0v) is 47.5. The number of allylic oxidation sites excluding steroid dienone is 1. The van der Waals surface area contributed by atoms with E-state index in [0.29, 0.717) is 23.2 Å². The molecule has 0 heterocycles. The summed E-state index contributed by atoms with van der Waals surface area (Å²) in [6, 6.07) is 2.37. The summed E-state index contributed by atoms with van der Waals surface area (Å²) < 4.78 is 53.0. The number of halogens is 4. The highest BCUT2D eigenvalue weighted by molar-refractivity contribution is 5.41. The molecule has 19 saturated carbocycles. The van der Waals surface area contributed by atoms with Gasteiger partial charge in [0.25, 0.3) is 0 Å². The third kappa shape index (κ3) is 8.74. The summed E-state index contributed by atoms with van der Waals surface area (Å²) >= 11 is 0. The number of methoxy groups -OCH3 is 1. The van der Waals surface area contributed by atoms with Crippen molar-refractivity contribution >= 4 is 0 Å². The van der Waals surface area contributed by atoms with Gasteiger partial charge in [0, 0.05) is 19.1 Å². The number of hydrogen-bond acceptors (Lipinski definition) is 2. The first-order chi connectivity index (χ1) is 33.0. The fourth-order valence-corrected chi connectivity index (χ4v) is 18.2. The second kappa shape index (κ2) is 15.6. The van der Waals surface area contributed by atoms with E-state index in [4.69, 9.17) is 10.00 Å².